The molecular weight excluding hydrogens is 329 g/mol. The first-order valence-corrected chi connectivity index (χ1v) is 8.06. The predicted octanol–water partition coefficient (Wildman–Crippen LogP) is 2.47. The van der Waals surface area contributed by atoms with E-state index in [0.717, 1.165) is 0 Å². The van der Waals surface area contributed by atoms with Crippen molar-refractivity contribution in [2.24, 2.45) is 0 Å². The van der Waals surface area contributed by atoms with E-state index in [1.165, 1.54) is 7.11 Å². The van der Waals surface area contributed by atoms with Crippen molar-refractivity contribution >= 4 is 25.4 Å². The van der Waals surface area contributed by atoms with Gasteiger partial charge in [-0.25, -0.2) is 12.8 Å². The van der Waals surface area contributed by atoms with Crippen LogP contribution in [0, 0.1) is 15.9 Å². The molecule has 0 fully saturated rings. The smallest absolute Gasteiger partial charge is 0.312 e. The fourth-order valence-electron chi connectivity index (χ4n) is 1.51. The minimum Gasteiger partial charge on any atom is -0.484 e. The van der Waals surface area contributed by atoms with E-state index in [2.05, 4.69) is 0 Å². The standard InChI is InChI=1S/C11H13ClFNO6S/c1-7(3-4-19-2)20-10-5-8(13)11(21(12,17)18)6-9(10)14(15)16/h5-7H,3-4H2,1-2H3. The summed E-state index contributed by atoms with van der Waals surface area (Å²) in [5.74, 6) is -1.59. The molecule has 1 aromatic carbocycles. The van der Waals surface area contributed by atoms with E-state index in [1.807, 2.05) is 0 Å². The van der Waals surface area contributed by atoms with Gasteiger partial charge in [0.05, 0.1) is 11.0 Å². The second-order valence-electron chi connectivity index (χ2n) is 4.16. The molecule has 7 nitrogen and oxygen atoms in total. The molecule has 0 aliphatic carbocycles. The predicted molar refractivity (Wildman–Crippen MR) is 72.7 cm³/mol. The number of ether oxygens (including phenoxy) is 2. The van der Waals surface area contributed by atoms with Crippen molar-refractivity contribution in [3.05, 3.63) is 28.1 Å². The van der Waals surface area contributed by atoms with E-state index >= 15 is 0 Å². The molecule has 0 N–H and O–H groups in total. The fraction of sp³-hybridized carbons (Fsp3) is 0.455. The lowest BCUT2D eigenvalue weighted by Crippen LogP contribution is -2.15. The molecule has 0 bridgehead atoms. The third kappa shape index (κ3) is 4.80. The topological polar surface area (TPSA) is 95.7 Å². The quantitative estimate of drug-likeness (QED) is 0.429. The normalized spacial score (nSPS) is 13.0. The number of methoxy groups -OCH3 is 1. The van der Waals surface area contributed by atoms with Crippen LogP contribution in [0.3, 0.4) is 0 Å². The molecule has 0 amide bonds. The Morgan fingerprint density at radius 2 is 2.10 bits per heavy atom. The fourth-order valence-corrected chi connectivity index (χ4v) is 2.41. The van der Waals surface area contributed by atoms with Crippen LogP contribution in [0.15, 0.2) is 17.0 Å². The Balaban J connectivity index is 3.21. The third-order valence-corrected chi connectivity index (χ3v) is 3.87. The number of halogens is 2. The van der Waals surface area contributed by atoms with Crippen LogP contribution in [0.25, 0.3) is 0 Å². The monoisotopic (exact) mass is 341 g/mol. The highest BCUT2D eigenvalue weighted by Crippen LogP contribution is 2.34. The first kappa shape index (κ1) is 17.6. The van der Waals surface area contributed by atoms with Crippen molar-refractivity contribution in [1.29, 1.82) is 0 Å². The van der Waals surface area contributed by atoms with Crippen molar-refractivity contribution < 1.29 is 27.2 Å². The van der Waals surface area contributed by atoms with Gasteiger partial charge in [-0.3, -0.25) is 10.1 Å². The summed E-state index contributed by atoms with van der Waals surface area (Å²) in [4.78, 5) is 9.11. The van der Waals surface area contributed by atoms with Gasteiger partial charge in [-0.05, 0) is 6.92 Å². The Morgan fingerprint density at radius 1 is 1.48 bits per heavy atom. The number of hydrogen-bond donors (Lipinski definition) is 0. The Morgan fingerprint density at radius 3 is 2.57 bits per heavy atom. The van der Waals surface area contributed by atoms with Crippen molar-refractivity contribution in [3.63, 3.8) is 0 Å². The molecule has 1 rings (SSSR count). The van der Waals surface area contributed by atoms with Gasteiger partial charge in [0, 0.05) is 43.0 Å². The summed E-state index contributed by atoms with van der Waals surface area (Å²) in [6.45, 7) is 1.97. The summed E-state index contributed by atoms with van der Waals surface area (Å²) in [7, 11) is 2.07. The Kier molecular flexibility index (Phi) is 5.87. The molecule has 0 aliphatic rings. The van der Waals surface area contributed by atoms with E-state index in [9.17, 15) is 22.9 Å². The molecule has 118 valence electrons. The van der Waals surface area contributed by atoms with Crippen LogP contribution in [0.2, 0.25) is 0 Å². The highest BCUT2D eigenvalue weighted by molar-refractivity contribution is 8.13. The molecular formula is C11H13ClFNO6S. The van der Waals surface area contributed by atoms with Gasteiger partial charge < -0.3 is 9.47 Å². The summed E-state index contributed by atoms with van der Waals surface area (Å²) in [5, 5.41) is 10.9. The van der Waals surface area contributed by atoms with Crippen LogP contribution in [-0.2, 0) is 13.8 Å². The number of benzene rings is 1. The maximum absolute atomic E-state index is 13.7. The molecule has 1 atom stereocenters. The summed E-state index contributed by atoms with van der Waals surface area (Å²) in [6, 6.07) is 1.17. The lowest BCUT2D eigenvalue weighted by Gasteiger charge is -2.14. The SMILES string of the molecule is COCCC(C)Oc1cc(F)c(S(=O)(=O)Cl)cc1[N+](=O)[O-]. The van der Waals surface area contributed by atoms with Crippen molar-refractivity contribution in [3.8, 4) is 5.75 Å². The molecule has 0 radical (unpaired) electrons. The molecule has 0 aliphatic heterocycles. The zero-order valence-corrected chi connectivity index (χ0v) is 12.8. The zero-order chi connectivity index (χ0) is 16.2. The van der Waals surface area contributed by atoms with Gasteiger partial charge in [-0.15, -0.1) is 0 Å². The van der Waals surface area contributed by atoms with Gasteiger partial charge in [0.15, 0.2) is 5.75 Å². The number of nitro groups is 1. The van der Waals surface area contributed by atoms with Crippen LogP contribution in [0.5, 0.6) is 5.75 Å². The van der Waals surface area contributed by atoms with E-state index in [-0.39, 0.29) is 5.75 Å². The number of rotatable bonds is 7. The first-order valence-electron chi connectivity index (χ1n) is 5.75. The third-order valence-electron chi connectivity index (χ3n) is 2.53. The molecule has 0 saturated heterocycles. The molecule has 0 spiro atoms. The summed E-state index contributed by atoms with van der Waals surface area (Å²) in [6.07, 6.45) is -0.0633. The van der Waals surface area contributed by atoms with E-state index < -0.39 is 36.5 Å². The van der Waals surface area contributed by atoms with Crippen LogP contribution < -0.4 is 4.74 Å². The molecule has 10 heteroatoms. The maximum atomic E-state index is 13.7. The average molecular weight is 342 g/mol. The first-order chi connectivity index (χ1) is 9.66. The molecule has 21 heavy (non-hydrogen) atoms. The van der Waals surface area contributed by atoms with Gasteiger partial charge in [-0.2, -0.15) is 0 Å². The summed E-state index contributed by atoms with van der Waals surface area (Å²) < 4.78 is 46.1. The molecule has 1 unspecified atom stereocenters. The molecule has 0 aromatic heterocycles. The molecule has 1 aromatic rings. The van der Waals surface area contributed by atoms with Crippen LogP contribution in [0.4, 0.5) is 10.1 Å². The maximum Gasteiger partial charge on any atom is 0.312 e. The number of nitro benzene ring substituents is 1. The van der Waals surface area contributed by atoms with Crippen molar-refractivity contribution in [2.45, 2.75) is 24.3 Å². The Hall–Kier alpha value is -1.45. The Bertz CT molecular complexity index is 636. The van der Waals surface area contributed by atoms with Gasteiger partial charge in [0.1, 0.15) is 10.7 Å². The molecule has 0 saturated carbocycles. The van der Waals surface area contributed by atoms with Gasteiger partial charge in [0.25, 0.3) is 9.05 Å². The van der Waals surface area contributed by atoms with Gasteiger partial charge in [0.2, 0.25) is 0 Å². The number of hydrogen-bond acceptors (Lipinski definition) is 6. The van der Waals surface area contributed by atoms with Gasteiger partial charge in [-0.1, -0.05) is 0 Å². The van der Waals surface area contributed by atoms with E-state index in [0.29, 0.717) is 25.2 Å². The second-order valence-corrected chi connectivity index (χ2v) is 6.69. The Labute approximate surface area is 125 Å². The minimum atomic E-state index is -4.43. The van der Waals surface area contributed by atoms with Crippen LogP contribution in [0.1, 0.15) is 13.3 Å². The summed E-state index contributed by atoms with van der Waals surface area (Å²) >= 11 is 0. The largest absolute Gasteiger partial charge is 0.484 e. The minimum absolute atomic E-state index is 0.353. The van der Waals surface area contributed by atoms with Crippen molar-refractivity contribution in [1.82, 2.24) is 0 Å². The van der Waals surface area contributed by atoms with Gasteiger partial charge >= 0.3 is 5.69 Å². The molecule has 0 heterocycles. The van der Waals surface area contributed by atoms with Crippen LogP contribution in [-0.4, -0.2) is 33.2 Å². The van der Waals surface area contributed by atoms with E-state index in [1.54, 1.807) is 6.92 Å². The van der Waals surface area contributed by atoms with Crippen LogP contribution >= 0.6 is 10.7 Å². The highest BCUT2D eigenvalue weighted by atomic mass is 35.7. The number of nitrogens with zero attached hydrogens (tertiary/aromatic N) is 1. The highest BCUT2D eigenvalue weighted by Gasteiger charge is 2.26. The van der Waals surface area contributed by atoms with E-state index in [4.69, 9.17) is 20.2 Å². The second kappa shape index (κ2) is 7.01. The van der Waals surface area contributed by atoms with Crippen molar-refractivity contribution in [2.75, 3.05) is 13.7 Å². The zero-order valence-electron chi connectivity index (χ0n) is 11.2. The lowest BCUT2D eigenvalue weighted by molar-refractivity contribution is -0.386. The average Bonchev–Trinajstić information content (AvgIpc) is 2.34. The summed E-state index contributed by atoms with van der Waals surface area (Å²) in [5.41, 5.74) is -0.681. The lowest BCUT2D eigenvalue weighted by atomic mass is 10.2.